The van der Waals surface area contributed by atoms with Crippen LogP contribution in [0.3, 0.4) is 0 Å². The number of benzene rings is 1. The van der Waals surface area contributed by atoms with Crippen LogP contribution >= 0.6 is 0 Å². The van der Waals surface area contributed by atoms with Crippen LogP contribution in [0.1, 0.15) is 10.4 Å². The molecule has 0 unspecified atom stereocenters. The Morgan fingerprint density at radius 3 is 2.71 bits per heavy atom. The van der Waals surface area contributed by atoms with Crippen LogP contribution in [-0.4, -0.2) is 61.9 Å². The van der Waals surface area contributed by atoms with Crippen molar-refractivity contribution in [2.45, 2.75) is 6.10 Å². The molecule has 1 fully saturated rings. The van der Waals surface area contributed by atoms with Crippen molar-refractivity contribution in [2.75, 3.05) is 33.9 Å². The van der Waals surface area contributed by atoms with Gasteiger partial charge in [-0.15, -0.1) is 0 Å². The summed E-state index contributed by atoms with van der Waals surface area (Å²) < 4.78 is 15.4. The molecule has 2 rings (SSSR count). The van der Waals surface area contributed by atoms with Crippen LogP contribution in [-0.2, 0) is 9.53 Å². The Morgan fingerprint density at radius 1 is 1.33 bits per heavy atom. The minimum Gasteiger partial charge on any atom is -0.497 e. The normalized spacial score (nSPS) is 18.2. The molecule has 1 atom stereocenters. The summed E-state index contributed by atoms with van der Waals surface area (Å²) in [6, 6.07) is 4.87. The summed E-state index contributed by atoms with van der Waals surface area (Å²) in [7, 11) is 2.99. The van der Waals surface area contributed by atoms with Crippen molar-refractivity contribution >= 4 is 11.9 Å². The van der Waals surface area contributed by atoms with E-state index < -0.39 is 12.1 Å². The number of aliphatic carboxylic acids is 1. The van der Waals surface area contributed by atoms with E-state index in [-0.39, 0.29) is 19.1 Å². The zero-order valence-corrected chi connectivity index (χ0v) is 11.9. The van der Waals surface area contributed by atoms with Gasteiger partial charge < -0.3 is 24.2 Å². The maximum Gasteiger partial charge on any atom is 0.334 e. The molecule has 0 bridgehead atoms. The van der Waals surface area contributed by atoms with E-state index in [1.807, 2.05) is 0 Å². The van der Waals surface area contributed by atoms with Gasteiger partial charge in [0.25, 0.3) is 5.91 Å². The number of carboxylic acids is 1. The number of hydrogen-bond donors (Lipinski definition) is 1. The van der Waals surface area contributed by atoms with Crippen LogP contribution in [0.2, 0.25) is 0 Å². The molecule has 1 N–H and O–H groups in total. The Balaban J connectivity index is 2.21. The maximum absolute atomic E-state index is 12.5. The Labute approximate surface area is 122 Å². The van der Waals surface area contributed by atoms with Gasteiger partial charge in [-0.1, -0.05) is 0 Å². The van der Waals surface area contributed by atoms with Gasteiger partial charge in [0.2, 0.25) is 0 Å². The number of carbonyl (C=O) groups excluding carboxylic acids is 1. The number of carbonyl (C=O) groups is 2. The van der Waals surface area contributed by atoms with E-state index in [1.54, 1.807) is 18.2 Å². The molecule has 0 spiro atoms. The van der Waals surface area contributed by atoms with Crippen LogP contribution in [0.5, 0.6) is 11.5 Å². The topological polar surface area (TPSA) is 85.3 Å². The summed E-state index contributed by atoms with van der Waals surface area (Å²) in [5.41, 5.74) is 0.365. The summed E-state index contributed by atoms with van der Waals surface area (Å²) in [4.78, 5) is 24.9. The van der Waals surface area contributed by atoms with Gasteiger partial charge in [-0.2, -0.15) is 0 Å². The highest BCUT2D eigenvalue weighted by Crippen LogP contribution is 2.26. The van der Waals surface area contributed by atoms with Gasteiger partial charge in [0.05, 0.1) is 32.9 Å². The van der Waals surface area contributed by atoms with Crippen molar-refractivity contribution < 1.29 is 28.9 Å². The van der Waals surface area contributed by atoms with E-state index >= 15 is 0 Å². The zero-order valence-electron chi connectivity index (χ0n) is 11.9. The van der Waals surface area contributed by atoms with Gasteiger partial charge in [-0.3, -0.25) is 4.79 Å². The molecule has 1 saturated heterocycles. The third-order valence-corrected chi connectivity index (χ3v) is 3.27. The smallest absolute Gasteiger partial charge is 0.334 e. The van der Waals surface area contributed by atoms with E-state index in [9.17, 15) is 9.59 Å². The second-order valence-corrected chi connectivity index (χ2v) is 4.52. The van der Waals surface area contributed by atoms with Crippen molar-refractivity contribution in [2.24, 2.45) is 0 Å². The van der Waals surface area contributed by atoms with Crippen molar-refractivity contribution in [3.8, 4) is 11.5 Å². The molecule has 1 aromatic rings. The SMILES string of the molecule is COc1ccc(C(=O)N2CCO[C@H](C(=O)O)C2)c(OC)c1. The minimum absolute atomic E-state index is 0.0172. The average Bonchev–Trinajstić information content (AvgIpc) is 2.53. The van der Waals surface area contributed by atoms with Gasteiger partial charge in [-0.25, -0.2) is 4.79 Å². The molecule has 7 nitrogen and oxygen atoms in total. The first-order chi connectivity index (χ1) is 10.1. The predicted octanol–water partition coefficient (Wildman–Crippen LogP) is 0.629. The molecule has 1 heterocycles. The van der Waals surface area contributed by atoms with Gasteiger partial charge in [0, 0.05) is 12.6 Å². The Hall–Kier alpha value is -2.28. The van der Waals surface area contributed by atoms with Crippen LogP contribution in [0.25, 0.3) is 0 Å². The lowest BCUT2D eigenvalue weighted by atomic mass is 10.1. The molecule has 21 heavy (non-hydrogen) atoms. The van der Waals surface area contributed by atoms with Crippen LogP contribution in [0.4, 0.5) is 0 Å². The quantitative estimate of drug-likeness (QED) is 0.877. The van der Waals surface area contributed by atoms with Gasteiger partial charge >= 0.3 is 5.97 Å². The molecule has 114 valence electrons. The van der Waals surface area contributed by atoms with Crippen LogP contribution in [0, 0.1) is 0 Å². The van der Waals surface area contributed by atoms with Gasteiger partial charge in [0.1, 0.15) is 11.5 Å². The number of nitrogens with zero attached hydrogens (tertiary/aromatic N) is 1. The summed E-state index contributed by atoms with van der Waals surface area (Å²) in [6.45, 7) is 0.558. The summed E-state index contributed by atoms with van der Waals surface area (Å²) >= 11 is 0. The molecule has 1 amide bonds. The standard InChI is InChI=1S/C14H17NO6/c1-19-9-3-4-10(11(7-9)20-2)13(16)15-5-6-21-12(8-15)14(17)18/h3-4,7,12H,5-6,8H2,1-2H3,(H,17,18)/t12-/m0/s1. The highest BCUT2D eigenvalue weighted by Gasteiger charge is 2.30. The number of carboxylic acid groups (broad SMARTS) is 1. The second-order valence-electron chi connectivity index (χ2n) is 4.52. The van der Waals surface area contributed by atoms with Gasteiger partial charge in [0.15, 0.2) is 6.10 Å². The lowest BCUT2D eigenvalue weighted by Gasteiger charge is -2.31. The maximum atomic E-state index is 12.5. The molecule has 0 aliphatic carbocycles. The minimum atomic E-state index is -1.07. The first-order valence-corrected chi connectivity index (χ1v) is 6.42. The number of morpholine rings is 1. The zero-order chi connectivity index (χ0) is 15.4. The summed E-state index contributed by atoms with van der Waals surface area (Å²) in [5.74, 6) is -0.398. The van der Waals surface area contributed by atoms with Crippen molar-refractivity contribution in [3.05, 3.63) is 23.8 Å². The summed E-state index contributed by atoms with van der Waals surface area (Å²) in [6.07, 6.45) is -0.994. The van der Waals surface area contributed by atoms with E-state index in [0.717, 1.165) is 0 Å². The number of amides is 1. The molecule has 1 aromatic carbocycles. The lowest BCUT2D eigenvalue weighted by Crippen LogP contribution is -2.48. The predicted molar refractivity (Wildman–Crippen MR) is 72.8 cm³/mol. The third-order valence-electron chi connectivity index (χ3n) is 3.27. The van der Waals surface area contributed by atoms with E-state index in [0.29, 0.717) is 23.6 Å². The number of ether oxygens (including phenoxy) is 3. The van der Waals surface area contributed by atoms with E-state index in [2.05, 4.69) is 0 Å². The van der Waals surface area contributed by atoms with Crippen LogP contribution < -0.4 is 9.47 Å². The van der Waals surface area contributed by atoms with Crippen LogP contribution in [0.15, 0.2) is 18.2 Å². The fraction of sp³-hybridized carbons (Fsp3) is 0.429. The van der Waals surface area contributed by atoms with Crippen molar-refractivity contribution in [1.82, 2.24) is 4.90 Å². The molecule has 7 heteroatoms. The fourth-order valence-corrected chi connectivity index (χ4v) is 2.13. The van der Waals surface area contributed by atoms with E-state index in [4.69, 9.17) is 19.3 Å². The molecule has 0 radical (unpaired) electrons. The number of hydrogen-bond acceptors (Lipinski definition) is 5. The lowest BCUT2D eigenvalue weighted by molar-refractivity contribution is -0.154. The molecule has 0 aromatic heterocycles. The largest absolute Gasteiger partial charge is 0.497 e. The molecular formula is C14H17NO6. The molecule has 0 saturated carbocycles. The first kappa shape index (κ1) is 15.1. The van der Waals surface area contributed by atoms with Crippen molar-refractivity contribution in [3.63, 3.8) is 0 Å². The van der Waals surface area contributed by atoms with Crippen molar-refractivity contribution in [1.29, 1.82) is 0 Å². The fourth-order valence-electron chi connectivity index (χ4n) is 2.13. The molecule has 1 aliphatic heterocycles. The number of rotatable bonds is 4. The Morgan fingerprint density at radius 2 is 2.10 bits per heavy atom. The Bertz CT molecular complexity index is 544. The van der Waals surface area contributed by atoms with E-state index in [1.165, 1.54) is 19.1 Å². The third kappa shape index (κ3) is 3.25. The average molecular weight is 295 g/mol. The highest BCUT2D eigenvalue weighted by molar-refractivity contribution is 5.97. The highest BCUT2D eigenvalue weighted by atomic mass is 16.5. The molecule has 1 aliphatic rings. The first-order valence-electron chi connectivity index (χ1n) is 6.42. The van der Waals surface area contributed by atoms with Gasteiger partial charge in [-0.05, 0) is 12.1 Å². The Kier molecular flexibility index (Phi) is 4.64. The second kappa shape index (κ2) is 6.45. The number of methoxy groups -OCH3 is 2. The summed E-state index contributed by atoms with van der Waals surface area (Å²) in [5, 5.41) is 8.97. The molecular weight excluding hydrogens is 278 g/mol. The monoisotopic (exact) mass is 295 g/mol.